The van der Waals surface area contributed by atoms with Crippen molar-refractivity contribution < 1.29 is 4.79 Å². The van der Waals surface area contributed by atoms with Crippen molar-refractivity contribution >= 4 is 33.2 Å². The zero-order valence-electron chi connectivity index (χ0n) is 13.8. The molecule has 0 saturated carbocycles. The van der Waals surface area contributed by atoms with E-state index in [0.29, 0.717) is 12.1 Å². The van der Waals surface area contributed by atoms with Crippen molar-refractivity contribution in [2.75, 3.05) is 10.6 Å². The van der Waals surface area contributed by atoms with Gasteiger partial charge in [-0.25, -0.2) is 0 Å². The van der Waals surface area contributed by atoms with Crippen molar-refractivity contribution in [3.63, 3.8) is 0 Å². The lowest BCUT2D eigenvalue weighted by Crippen LogP contribution is -2.12. The van der Waals surface area contributed by atoms with Gasteiger partial charge in [0.1, 0.15) is 0 Å². The summed E-state index contributed by atoms with van der Waals surface area (Å²) in [6, 6.07) is 17.6. The van der Waals surface area contributed by atoms with Gasteiger partial charge in [0.2, 0.25) is 0 Å². The van der Waals surface area contributed by atoms with Gasteiger partial charge in [0, 0.05) is 29.1 Å². The Balaban J connectivity index is 1.66. The van der Waals surface area contributed by atoms with Gasteiger partial charge in [0.15, 0.2) is 0 Å². The van der Waals surface area contributed by atoms with E-state index in [1.165, 1.54) is 11.1 Å². The Morgan fingerprint density at radius 1 is 1.04 bits per heavy atom. The van der Waals surface area contributed by atoms with Gasteiger partial charge < -0.3 is 10.6 Å². The molecule has 0 aliphatic rings. The molecule has 3 rings (SSSR count). The predicted molar refractivity (Wildman–Crippen MR) is 105 cm³/mol. The largest absolute Gasteiger partial charge is 0.380 e. The van der Waals surface area contributed by atoms with Crippen LogP contribution in [0.5, 0.6) is 0 Å². The van der Waals surface area contributed by atoms with Gasteiger partial charge in [-0.3, -0.25) is 9.78 Å². The number of pyridine rings is 1. The van der Waals surface area contributed by atoms with Crippen LogP contribution in [-0.4, -0.2) is 10.9 Å². The number of aromatic nitrogens is 1. The molecule has 0 aliphatic carbocycles. The van der Waals surface area contributed by atoms with E-state index in [2.05, 4.69) is 56.7 Å². The summed E-state index contributed by atoms with van der Waals surface area (Å²) in [7, 11) is 0. The number of rotatable bonds is 5. The molecule has 0 saturated heterocycles. The fourth-order valence-electron chi connectivity index (χ4n) is 2.42. The van der Waals surface area contributed by atoms with Crippen LogP contribution in [0.15, 0.2) is 71.5 Å². The molecule has 0 bridgehead atoms. The molecule has 0 unspecified atom stereocenters. The van der Waals surface area contributed by atoms with Crippen molar-refractivity contribution in [3.8, 4) is 0 Å². The van der Waals surface area contributed by atoms with Crippen molar-refractivity contribution in [1.29, 1.82) is 0 Å². The molecule has 2 N–H and O–H groups in total. The number of amides is 1. The van der Waals surface area contributed by atoms with Crippen LogP contribution in [0.3, 0.4) is 0 Å². The van der Waals surface area contributed by atoms with E-state index in [9.17, 15) is 4.79 Å². The number of anilines is 2. The molecule has 1 aromatic heterocycles. The summed E-state index contributed by atoms with van der Waals surface area (Å²) in [6.45, 7) is 2.75. The Morgan fingerprint density at radius 3 is 2.60 bits per heavy atom. The number of nitrogens with one attached hydrogen (secondary N) is 2. The zero-order chi connectivity index (χ0) is 17.6. The van der Waals surface area contributed by atoms with E-state index in [4.69, 9.17) is 0 Å². The maximum atomic E-state index is 12.4. The Labute approximate surface area is 155 Å². The standard InChI is InChI=1S/C20H18BrN3O/c1-14-3-2-4-15(9-14)11-23-19-10-16(12-22-13-19)20(25)24-18-7-5-17(21)6-8-18/h2-10,12-13,23H,11H2,1H3,(H,24,25). The van der Waals surface area contributed by atoms with Crippen LogP contribution in [0.25, 0.3) is 0 Å². The number of hydrogen-bond donors (Lipinski definition) is 2. The highest BCUT2D eigenvalue weighted by molar-refractivity contribution is 9.10. The summed E-state index contributed by atoms with van der Waals surface area (Å²) >= 11 is 3.38. The molecule has 5 heteroatoms. The van der Waals surface area contributed by atoms with Crippen LogP contribution in [0.1, 0.15) is 21.5 Å². The van der Waals surface area contributed by atoms with E-state index in [1.807, 2.05) is 30.3 Å². The molecule has 3 aromatic rings. The second kappa shape index (κ2) is 7.94. The molecular weight excluding hydrogens is 378 g/mol. The minimum Gasteiger partial charge on any atom is -0.380 e. The number of benzene rings is 2. The lowest BCUT2D eigenvalue weighted by Gasteiger charge is -2.09. The molecule has 0 aliphatic heterocycles. The first-order chi connectivity index (χ1) is 12.1. The highest BCUT2D eigenvalue weighted by Gasteiger charge is 2.07. The number of carbonyl (C=O) groups excluding carboxylic acids is 1. The lowest BCUT2D eigenvalue weighted by molar-refractivity contribution is 0.102. The predicted octanol–water partition coefficient (Wildman–Crippen LogP) is 5.02. The normalized spacial score (nSPS) is 10.3. The summed E-state index contributed by atoms with van der Waals surface area (Å²) in [5.74, 6) is -0.186. The number of halogens is 1. The van der Waals surface area contributed by atoms with Gasteiger partial charge in [0.05, 0.1) is 11.3 Å². The van der Waals surface area contributed by atoms with E-state index in [-0.39, 0.29) is 5.91 Å². The molecule has 0 spiro atoms. The average Bonchev–Trinajstić information content (AvgIpc) is 2.62. The molecular formula is C20H18BrN3O. The molecule has 126 valence electrons. The summed E-state index contributed by atoms with van der Waals surface area (Å²) in [5, 5.41) is 6.17. The summed E-state index contributed by atoms with van der Waals surface area (Å²) in [6.07, 6.45) is 3.28. The Bertz CT molecular complexity index is 878. The van der Waals surface area contributed by atoms with Gasteiger partial charge in [0.25, 0.3) is 5.91 Å². The summed E-state index contributed by atoms with van der Waals surface area (Å²) in [4.78, 5) is 16.5. The van der Waals surface area contributed by atoms with Gasteiger partial charge in [-0.1, -0.05) is 45.8 Å². The molecule has 25 heavy (non-hydrogen) atoms. The first-order valence-corrected chi connectivity index (χ1v) is 8.71. The van der Waals surface area contributed by atoms with Crippen LogP contribution in [0.4, 0.5) is 11.4 Å². The SMILES string of the molecule is Cc1cccc(CNc2cncc(C(=O)Nc3ccc(Br)cc3)c2)c1. The van der Waals surface area contributed by atoms with Crippen molar-refractivity contribution in [3.05, 3.63) is 88.2 Å². The Kier molecular flexibility index (Phi) is 5.46. The third-order valence-electron chi connectivity index (χ3n) is 3.68. The Morgan fingerprint density at radius 2 is 1.84 bits per heavy atom. The highest BCUT2D eigenvalue weighted by atomic mass is 79.9. The van der Waals surface area contributed by atoms with Crippen LogP contribution >= 0.6 is 15.9 Å². The van der Waals surface area contributed by atoms with Crippen LogP contribution < -0.4 is 10.6 Å². The maximum absolute atomic E-state index is 12.4. The Hall–Kier alpha value is -2.66. The minimum atomic E-state index is -0.186. The second-order valence-electron chi connectivity index (χ2n) is 5.77. The molecule has 0 radical (unpaired) electrons. The van der Waals surface area contributed by atoms with E-state index < -0.39 is 0 Å². The average molecular weight is 396 g/mol. The number of aryl methyl sites for hydroxylation is 1. The molecule has 1 amide bonds. The van der Waals surface area contributed by atoms with Crippen LogP contribution in [0.2, 0.25) is 0 Å². The molecule has 4 nitrogen and oxygen atoms in total. The van der Waals surface area contributed by atoms with E-state index in [1.54, 1.807) is 18.5 Å². The molecule has 1 heterocycles. The first-order valence-electron chi connectivity index (χ1n) is 7.91. The maximum Gasteiger partial charge on any atom is 0.257 e. The number of carbonyl (C=O) groups is 1. The minimum absolute atomic E-state index is 0.186. The number of nitrogens with zero attached hydrogens (tertiary/aromatic N) is 1. The van der Waals surface area contributed by atoms with Gasteiger partial charge >= 0.3 is 0 Å². The zero-order valence-corrected chi connectivity index (χ0v) is 15.4. The van der Waals surface area contributed by atoms with E-state index in [0.717, 1.165) is 15.8 Å². The third kappa shape index (κ3) is 4.90. The van der Waals surface area contributed by atoms with Crippen molar-refractivity contribution in [2.45, 2.75) is 13.5 Å². The van der Waals surface area contributed by atoms with Gasteiger partial charge in [-0.15, -0.1) is 0 Å². The van der Waals surface area contributed by atoms with Gasteiger partial charge in [-0.05, 0) is 42.8 Å². The quantitative estimate of drug-likeness (QED) is 0.637. The summed E-state index contributed by atoms with van der Waals surface area (Å²) in [5.41, 5.74) is 4.47. The third-order valence-corrected chi connectivity index (χ3v) is 4.21. The smallest absolute Gasteiger partial charge is 0.257 e. The highest BCUT2D eigenvalue weighted by Crippen LogP contribution is 2.16. The molecule has 0 fully saturated rings. The summed E-state index contributed by atoms with van der Waals surface area (Å²) < 4.78 is 0.967. The first kappa shape index (κ1) is 17.2. The monoisotopic (exact) mass is 395 g/mol. The molecule has 0 atom stereocenters. The second-order valence-corrected chi connectivity index (χ2v) is 6.68. The van der Waals surface area contributed by atoms with Crippen molar-refractivity contribution in [1.82, 2.24) is 4.98 Å². The number of hydrogen-bond acceptors (Lipinski definition) is 3. The van der Waals surface area contributed by atoms with Gasteiger partial charge in [-0.2, -0.15) is 0 Å². The van der Waals surface area contributed by atoms with Crippen LogP contribution in [0, 0.1) is 6.92 Å². The van der Waals surface area contributed by atoms with Crippen LogP contribution in [-0.2, 0) is 6.54 Å². The topological polar surface area (TPSA) is 54.0 Å². The molecule has 2 aromatic carbocycles. The van der Waals surface area contributed by atoms with Crippen molar-refractivity contribution in [2.24, 2.45) is 0 Å². The fraction of sp³-hybridized carbons (Fsp3) is 0.100. The van der Waals surface area contributed by atoms with E-state index >= 15 is 0 Å². The fourth-order valence-corrected chi connectivity index (χ4v) is 2.69. The lowest BCUT2D eigenvalue weighted by atomic mass is 10.1.